The maximum atomic E-state index is 5.83. The maximum absolute atomic E-state index is 5.83. The molecule has 0 aromatic carbocycles. The molecule has 0 rings (SSSR count). The molecule has 0 heterocycles. The molecule has 1 unspecified atom stereocenters. The lowest BCUT2D eigenvalue weighted by molar-refractivity contribution is 0.524. The van der Waals surface area contributed by atoms with E-state index in [4.69, 9.17) is 5.73 Å². The molecule has 0 spiro atoms. The number of hydrogen-bond donors (Lipinski definition) is 1. The Balaban J connectivity index is 2.97. The Kier molecular flexibility index (Phi) is 8.03. The van der Waals surface area contributed by atoms with Crippen LogP contribution in [-0.2, 0) is 0 Å². The fourth-order valence-electron chi connectivity index (χ4n) is 1.24. The molecule has 1 nitrogen and oxygen atoms in total. The van der Waals surface area contributed by atoms with Crippen LogP contribution in [0.25, 0.3) is 0 Å². The molecule has 0 fully saturated rings. The molecule has 0 amide bonds. The fourth-order valence-corrected chi connectivity index (χ4v) is 1.24. The predicted molar refractivity (Wildman–Crippen MR) is 51.3 cm³/mol. The van der Waals surface area contributed by atoms with Gasteiger partial charge in [0.15, 0.2) is 0 Å². The van der Waals surface area contributed by atoms with Gasteiger partial charge in [-0.05, 0) is 12.8 Å². The van der Waals surface area contributed by atoms with E-state index in [0.29, 0.717) is 6.04 Å². The van der Waals surface area contributed by atoms with Gasteiger partial charge in [-0.2, -0.15) is 0 Å². The molecule has 0 bridgehead atoms. The van der Waals surface area contributed by atoms with Crippen molar-refractivity contribution < 1.29 is 0 Å². The van der Waals surface area contributed by atoms with Crippen molar-refractivity contribution in [1.29, 1.82) is 0 Å². The molecule has 2 N–H and O–H groups in total. The lowest BCUT2D eigenvalue weighted by Crippen LogP contribution is -2.18. The van der Waals surface area contributed by atoms with Crippen molar-refractivity contribution in [3.8, 4) is 0 Å². The Morgan fingerprint density at radius 3 is 2.45 bits per heavy atom. The first-order valence-electron chi connectivity index (χ1n) is 4.86. The lowest BCUT2D eigenvalue weighted by atomic mass is 10.0. The van der Waals surface area contributed by atoms with Gasteiger partial charge in [-0.1, -0.05) is 46.0 Å². The van der Waals surface area contributed by atoms with Crippen LogP contribution in [0.5, 0.6) is 0 Å². The molecule has 1 heteroatoms. The van der Waals surface area contributed by atoms with E-state index in [1.54, 1.807) is 0 Å². The molecule has 0 saturated carbocycles. The highest BCUT2D eigenvalue weighted by Gasteiger charge is 1.99. The zero-order valence-electron chi connectivity index (χ0n) is 7.81. The van der Waals surface area contributed by atoms with E-state index in [9.17, 15) is 0 Å². The van der Waals surface area contributed by atoms with E-state index in [0.717, 1.165) is 12.8 Å². The third-order valence-electron chi connectivity index (χ3n) is 2.00. The van der Waals surface area contributed by atoms with Crippen molar-refractivity contribution in [2.24, 2.45) is 5.73 Å². The summed E-state index contributed by atoms with van der Waals surface area (Å²) in [6, 6.07) is 0.407. The third kappa shape index (κ3) is 7.86. The molecule has 0 aliphatic rings. The van der Waals surface area contributed by atoms with Crippen LogP contribution in [0, 0.1) is 6.92 Å². The number of hydrogen-bond acceptors (Lipinski definition) is 1. The van der Waals surface area contributed by atoms with Gasteiger partial charge in [0.05, 0.1) is 0 Å². The van der Waals surface area contributed by atoms with Gasteiger partial charge in [-0.25, -0.2) is 0 Å². The molecular weight excluding hydrogens is 134 g/mol. The van der Waals surface area contributed by atoms with E-state index in [2.05, 4.69) is 13.8 Å². The second-order valence-electron chi connectivity index (χ2n) is 3.25. The van der Waals surface area contributed by atoms with Crippen molar-refractivity contribution >= 4 is 0 Å². The summed E-state index contributed by atoms with van der Waals surface area (Å²) in [7, 11) is 0. The molecule has 11 heavy (non-hydrogen) atoms. The van der Waals surface area contributed by atoms with Gasteiger partial charge in [0.2, 0.25) is 0 Å². The predicted octanol–water partition coefficient (Wildman–Crippen LogP) is 2.90. The second kappa shape index (κ2) is 8.06. The zero-order valence-corrected chi connectivity index (χ0v) is 7.81. The molecule has 0 aromatic rings. The standard InChI is InChI=1S/C10H22N/c1-3-5-6-7-9-10(11)8-4-2/h10H,2-9,11H2,1H3. The minimum absolute atomic E-state index is 0.407. The number of rotatable bonds is 7. The third-order valence-corrected chi connectivity index (χ3v) is 2.00. The van der Waals surface area contributed by atoms with Crippen molar-refractivity contribution in [3.05, 3.63) is 6.92 Å². The molecule has 0 aromatic heterocycles. The summed E-state index contributed by atoms with van der Waals surface area (Å²) >= 11 is 0. The van der Waals surface area contributed by atoms with Crippen LogP contribution in [0.2, 0.25) is 0 Å². The van der Waals surface area contributed by atoms with E-state index in [1.165, 1.54) is 32.1 Å². The van der Waals surface area contributed by atoms with E-state index in [-0.39, 0.29) is 0 Å². The first-order chi connectivity index (χ1) is 5.31. The molecular formula is C10H22N. The summed E-state index contributed by atoms with van der Waals surface area (Å²) in [6.07, 6.45) is 8.58. The summed E-state index contributed by atoms with van der Waals surface area (Å²) < 4.78 is 0. The lowest BCUT2D eigenvalue weighted by Gasteiger charge is -2.08. The van der Waals surface area contributed by atoms with Crippen molar-refractivity contribution in [2.75, 3.05) is 0 Å². The largest absolute Gasteiger partial charge is 0.328 e. The minimum atomic E-state index is 0.407. The van der Waals surface area contributed by atoms with Crippen LogP contribution in [-0.4, -0.2) is 6.04 Å². The topological polar surface area (TPSA) is 26.0 Å². The Bertz CT molecular complexity index is 71.3. The van der Waals surface area contributed by atoms with Crippen molar-refractivity contribution in [1.82, 2.24) is 0 Å². The first kappa shape index (κ1) is 11.0. The number of unbranched alkanes of at least 4 members (excludes halogenated alkanes) is 3. The first-order valence-corrected chi connectivity index (χ1v) is 4.86. The van der Waals surface area contributed by atoms with E-state index >= 15 is 0 Å². The van der Waals surface area contributed by atoms with Crippen LogP contribution in [0.3, 0.4) is 0 Å². The van der Waals surface area contributed by atoms with Crippen LogP contribution < -0.4 is 5.73 Å². The average Bonchev–Trinajstić information content (AvgIpc) is 1.99. The molecule has 1 radical (unpaired) electrons. The Morgan fingerprint density at radius 2 is 1.91 bits per heavy atom. The van der Waals surface area contributed by atoms with Crippen LogP contribution >= 0.6 is 0 Å². The Hall–Kier alpha value is -0.0400. The summed E-state index contributed by atoms with van der Waals surface area (Å²) in [4.78, 5) is 0. The van der Waals surface area contributed by atoms with Crippen LogP contribution in [0.1, 0.15) is 51.9 Å². The molecule has 0 saturated heterocycles. The van der Waals surface area contributed by atoms with E-state index < -0.39 is 0 Å². The maximum Gasteiger partial charge on any atom is 0.00388 e. The zero-order chi connectivity index (χ0) is 8.53. The highest BCUT2D eigenvalue weighted by Crippen LogP contribution is 2.07. The van der Waals surface area contributed by atoms with Crippen LogP contribution in [0.15, 0.2) is 0 Å². The average molecular weight is 156 g/mol. The normalized spacial score (nSPS) is 13.4. The van der Waals surface area contributed by atoms with E-state index in [1.807, 2.05) is 0 Å². The van der Waals surface area contributed by atoms with Gasteiger partial charge < -0.3 is 5.73 Å². The van der Waals surface area contributed by atoms with Gasteiger partial charge in [0.25, 0.3) is 0 Å². The molecule has 0 aliphatic carbocycles. The summed E-state index contributed by atoms with van der Waals surface area (Å²) in [6.45, 7) is 6.02. The fraction of sp³-hybridized carbons (Fsp3) is 0.900. The highest BCUT2D eigenvalue weighted by molar-refractivity contribution is 4.61. The number of nitrogens with two attached hydrogens (primary N) is 1. The SMILES string of the molecule is [CH2]CCC(N)CCCCCC. The van der Waals surface area contributed by atoms with Gasteiger partial charge in [-0.3, -0.25) is 0 Å². The van der Waals surface area contributed by atoms with Crippen LogP contribution in [0.4, 0.5) is 0 Å². The van der Waals surface area contributed by atoms with Gasteiger partial charge >= 0.3 is 0 Å². The van der Waals surface area contributed by atoms with Gasteiger partial charge in [0.1, 0.15) is 0 Å². The Labute approximate surface area is 71.4 Å². The quantitative estimate of drug-likeness (QED) is 0.563. The molecule has 1 atom stereocenters. The summed E-state index contributed by atoms with van der Waals surface area (Å²) in [5, 5.41) is 0. The van der Waals surface area contributed by atoms with Crippen molar-refractivity contribution in [2.45, 2.75) is 57.9 Å². The monoisotopic (exact) mass is 156 g/mol. The molecule has 0 aliphatic heterocycles. The second-order valence-corrected chi connectivity index (χ2v) is 3.25. The summed E-state index contributed by atoms with van der Waals surface area (Å²) in [5.41, 5.74) is 5.83. The molecule has 67 valence electrons. The minimum Gasteiger partial charge on any atom is -0.328 e. The summed E-state index contributed by atoms with van der Waals surface area (Å²) in [5.74, 6) is 0. The highest BCUT2D eigenvalue weighted by atomic mass is 14.6. The smallest absolute Gasteiger partial charge is 0.00388 e. The Morgan fingerprint density at radius 1 is 1.18 bits per heavy atom. The van der Waals surface area contributed by atoms with Gasteiger partial charge in [-0.15, -0.1) is 0 Å². The van der Waals surface area contributed by atoms with Gasteiger partial charge in [0, 0.05) is 6.04 Å². The van der Waals surface area contributed by atoms with Crippen molar-refractivity contribution in [3.63, 3.8) is 0 Å².